The van der Waals surface area contributed by atoms with Gasteiger partial charge in [-0.05, 0) is 12.1 Å². The molecule has 0 amide bonds. The van der Waals surface area contributed by atoms with E-state index in [4.69, 9.17) is 4.42 Å². The fraction of sp³-hybridized carbons (Fsp3) is 0.643. The Bertz CT molecular complexity index is 478. The standard InChI is InChI=1S/C14H18N2O2/c1-13-7-15-4-5-16(8-13)10-14(9-15,12(13)17)11-3-2-6-18-11/h2-3,6H,4-5,7-10H2,1H3. The summed E-state index contributed by atoms with van der Waals surface area (Å²) in [5.74, 6) is 1.24. The molecule has 0 saturated carbocycles. The third kappa shape index (κ3) is 1.20. The number of furan rings is 1. The van der Waals surface area contributed by atoms with Gasteiger partial charge in [0.05, 0.1) is 11.7 Å². The molecule has 5 rings (SSSR count). The third-order valence-corrected chi connectivity index (χ3v) is 4.84. The number of Topliss-reactive ketones (excluding diaryl/α,β-unsaturated/α-hetero) is 1. The van der Waals surface area contributed by atoms with Crippen molar-refractivity contribution in [2.75, 3.05) is 39.3 Å². The summed E-state index contributed by atoms with van der Waals surface area (Å²) in [4.78, 5) is 17.8. The lowest BCUT2D eigenvalue weighted by atomic mass is 9.63. The van der Waals surface area contributed by atoms with Gasteiger partial charge in [-0.25, -0.2) is 0 Å². The average molecular weight is 246 g/mol. The number of carbonyl (C=O) groups excluding carboxylic acids is 1. The van der Waals surface area contributed by atoms with Crippen molar-refractivity contribution in [3.63, 3.8) is 0 Å². The molecule has 0 aromatic carbocycles. The summed E-state index contributed by atoms with van der Waals surface area (Å²) in [6.45, 7) is 7.74. The van der Waals surface area contributed by atoms with Crippen LogP contribution in [0.4, 0.5) is 0 Å². The van der Waals surface area contributed by atoms with Crippen LogP contribution in [0.5, 0.6) is 0 Å². The zero-order valence-corrected chi connectivity index (χ0v) is 10.7. The number of fused-ring (bicyclic) bond motifs is 1. The first kappa shape index (κ1) is 10.8. The maximum absolute atomic E-state index is 13.0. The molecule has 18 heavy (non-hydrogen) atoms. The van der Waals surface area contributed by atoms with E-state index in [0.29, 0.717) is 5.78 Å². The van der Waals surface area contributed by atoms with E-state index in [1.165, 1.54) is 0 Å². The molecule has 1 aromatic rings. The lowest BCUT2D eigenvalue weighted by Crippen LogP contribution is -2.68. The minimum atomic E-state index is -0.425. The molecule has 4 heteroatoms. The van der Waals surface area contributed by atoms with Gasteiger partial charge < -0.3 is 4.42 Å². The van der Waals surface area contributed by atoms with Crippen molar-refractivity contribution in [1.82, 2.24) is 9.80 Å². The van der Waals surface area contributed by atoms with Gasteiger partial charge in [-0.3, -0.25) is 14.6 Å². The summed E-state index contributed by atoms with van der Waals surface area (Å²) < 4.78 is 5.62. The van der Waals surface area contributed by atoms with Crippen molar-refractivity contribution in [2.45, 2.75) is 12.3 Å². The van der Waals surface area contributed by atoms with Crippen LogP contribution in [0.15, 0.2) is 22.8 Å². The normalized spacial score (nSPS) is 46.4. The minimum absolute atomic E-state index is 0.222. The van der Waals surface area contributed by atoms with Gasteiger partial charge in [0.2, 0.25) is 0 Å². The molecule has 4 saturated heterocycles. The van der Waals surface area contributed by atoms with Gasteiger partial charge in [0.25, 0.3) is 0 Å². The molecule has 0 radical (unpaired) electrons. The molecule has 4 nitrogen and oxygen atoms in total. The topological polar surface area (TPSA) is 36.7 Å². The van der Waals surface area contributed by atoms with Crippen molar-refractivity contribution < 1.29 is 9.21 Å². The van der Waals surface area contributed by atoms with E-state index in [9.17, 15) is 4.79 Å². The average Bonchev–Trinajstić information content (AvgIpc) is 2.75. The van der Waals surface area contributed by atoms with Crippen molar-refractivity contribution >= 4 is 5.78 Å². The first-order chi connectivity index (χ1) is 8.62. The Labute approximate surface area is 107 Å². The highest BCUT2D eigenvalue weighted by Crippen LogP contribution is 2.45. The number of rotatable bonds is 1. The molecule has 2 atom stereocenters. The monoisotopic (exact) mass is 246 g/mol. The van der Waals surface area contributed by atoms with Crippen LogP contribution < -0.4 is 0 Å². The van der Waals surface area contributed by atoms with E-state index in [2.05, 4.69) is 16.7 Å². The van der Waals surface area contributed by atoms with Gasteiger partial charge in [0.15, 0.2) is 5.78 Å². The maximum Gasteiger partial charge on any atom is 0.157 e. The van der Waals surface area contributed by atoms with Gasteiger partial charge in [-0.2, -0.15) is 0 Å². The van der Waals surface area contributed by atoms with E-state index in [-0.39, 0.29) is 5.41 Å². The summed E-state index contributed by atoms with van der Waals surface area (Å²) >= 11 is 0. The number of carbonyl (C=O) groups is 1. The van der Waals surface area contributed by atoms with Crippen molar-refractivity contribution in [2.24, 2.45) is 5.41 Å². The van der Waals surface area contributed by atoms with Crippen LogP contribution in [-0.4, -0.2) is 54.9 Å². The number of hydrogen-bond acceptors (Lipinski definition) is 4. The highest BCUT2D eigenvalue weighted by atomic mass is 16.3. The van der Waals surface area contributed by atoms with Gasteiger partial charge in [-0.1, -0.05) is 6.92 Å². The second-order valence-electron chi connectivity index (χ2n) is 6.37. The summed E-state index contributed by atoms with van der Waals surface area (Å²) in [7, 11) is 0. The highest BCUT2D eigenvalue weighted by molar-refractivity contribution is 5.97. The zero-order chi connectivity index (χ0) is 12.4. The Kier molecular flexibility index (Phi) is 1.94. The fourth-order valence-corrected chi connectivity index (χ4v) is 4.24. The zero-order valence-electron chi connectivity index (χ0n) is 10.7. The van der Waals surface area contributed by atoms with E-state index in [0.717, 1.165) is 45.0 Å². The number of nitrogens with zero attached hydrogens (tertiary/aromatic N) is 2. The summed E-state index contributed by atoms with van der Waals surface area (Å²) in [6.07, 6.45) is 1.69. The number of ketones is 1. The molecular weight excluding hydrogens is 228 g/mol. The minimum Gasteiger partial charge on any atom is -0.468 e. The largest absolute Gasteiger partial charge is 0.468 e. The molecule has 4 aliphatic rings. The molecule has 5 heterocycles. The lowest BCUT2D eigenvalue weighted by Gasteiger charge is -2.52. The molecule has 0 aliphatic carbocycles. The van der Waals surface area contributed by atoms with Crippen LogP contribution in [0.2, 0.25) is 0 Å². The van der Waals surface area contributed by atoms with E-state index < -0.39 is 5.41 Å². The predicted octanol–water partition coefficient (Wildman–Crippen LogP) is 0.738. The smallest absolute Gasteiger partial charge is 0.157 e. The summed E-state index contributed by atoms with van der Waals surface area (Å²) in [5.41, 5.74) is -0.648. The quantitative estimate of drug-likeness (QED) is 0.732. The SMILES string of the molecule is CC12CN3CCN(C1)CC(c1ccco1)(C3)C2=O. The molecule has 0 spiro atoms. The van der Waals surface area contributed by atoms with Crippen molar-refractivity contribution in [1.29, 1.82) is 0 Å². The van der Waals surface area contributed by atoms with E-state index in [1.807, 2.05) is 12.1 Å². The predicted molar refractivity (Wildman–Crippen MR) is 66.4 cm³/mol. The molecule has 0 N–H and O–H groups in total. The molecule has 1 aromatic heterocycles. The maximum atomic E-state index is 13.0. The van der Waals surface area contributed by atoms with Crippen molar-refractivity contribution in [3.8, 4) is 0 Å². The second kappa shape index (κ2) is 3.25. The van der Waals surface area contributed by atoms with Crippen LogP contribution in [0, 0.1) is 5.41 Å². The lowest BCUT2D eigenvalue weighted by molar-refractivity contribution is -0.147. The third-order valence-electron chi connectivity index (χ3n) is 4.84. The molecule has 2 unspecified atom stereocenters. The van der Waals surface area contributed by atoms with Gasteiger partial charge in [0.1, 0.15) is 11.2 Å². The molecule has 96 valence electrons. The van der Waals surface area contributed by atoms with Gasteiger partial charge >= 0.3 is 0 Å². The van der Waals surface area contributed by atoms with Gasteiger partial charge in [-0.15, -0.1) is 0 Å². The molecular formula is C14H18N2O2. The molecule has 4 bridgehead atoms. The van der Waals surface area contributed by atoms with Crippen LogP contribution in [0.3, 0.4) is 0 Å². The fourth-order valence-electron chi connectivity index (χ4n) is 4.24. The van der Waals surface area contributed by atoms with Crippen LogP contribution in [0.25, 0.3) is 0 Å². The van der Waals surface area contributed by atoms with Crippen LogP contribution in [-0.2, 0) is 10.2 Å². The van der Waals surface area contributed by atoms with Gasteiger partial charge in [0, 0.05) is 39.3 Å². The second-order valence-corrected chi connectivity index (χ2v) is 6.37. The van der Waals surface area contributed by atoms with Crippen LogP contribution >= 0.6 is 0 Å². The van der Waals surface area contributed by atoms with Crippen molar-refractivity contribution in [3.05, 3.63) is 24.2 Å². The summed E-state index contributed by atoms with van der Waals surface area (Å²) in [6, 6.07) is 3.86. The van der Waals surface area contributed by atoms with E-state index >= 15 is 0 Å². The number of hydrogen-bond donors (Lipinski definition) is 0. The highest BCUT2D eigenvalue weighted by Gasteiger charge is 2.61. The molecule has 4 fully saturated rings. The molecule has 4 aliphatic heterocycles. The Balaban J connectivity index is 1.90. The Hall–Kier alpha value is -1.13. The van der Waals surface area contributed by atoms with Crippen LogP contribution in [0.1, 0.15) is 12.7 Å². The first-order valence-electron chi connectivity index (χ1n) is 6.66. The Morgan fingerprint density at radius 2 is 1.83 bits per heavy atom. The van der Waals surface area contributed by atoms with E-state index in [1.54, 1.807) is 6.26 Å². The number of piperidine rings is 2. The summed E-state index contributed by atoms with van der Waals surface area (Å²) in [5, 5.41) is 0. The Morgan fingerprint density at radius 1 is 1.17 bits per heavy atom. The Morgan fingerprint density at radius 3 is 2.39 bits per heavy atom. The first-order valence-corrected chi connectivity index (χ1v) is 6.66.